The molecule has 0 saturated carbocycles. The Kier molecular flexibility index (Phi) is 15.4. The third kappa shape index (κ3) is 10.7. The first-order chi connectivity index (χ1) is 52.9. The Bertz CT molecular complexity index is 6640. The number of carbonyl (C=O) groups is 4. The Morgan fingerprint density at radius 1 is 0.241 bits per heavy atom. The molecule has 108 heavy (non-hydrogen) atoms. The van der Waals surface area contributed by atoms with Gasteiger partial charge in [-0.1, -0.05) is 200 Å². The van der Waals surface area contributed by atoms with Crippen LogP contribution in [0.3, 0.4) is 0 Å². The second-order valence-corrected chi connectivity index (χ2v) is 27.0. The highest BCUT2D eigenvalue weighted by Crippen LogP contribution is 2.48. The number of hydrogen-bond donors (Lipinski definition) is 0. The highest BCUT2D eigenvalue weighted by Gasteiger charge is 2.43. The molecule has 0 spiro atoms. The number of anilines is 2. The van der Waals surface area contributed by atoms with E-state index in [1.54, 1.807) is 12.1 Å². The molecule has 0 fully saturated rings. The normalized spacial score (nSPS) is 12.7. The van der Waals surface area contributed by atoms with E-state index in [9.17, 15) is 4.79 Å². The Morgan fingerprint density at radius 3 is 1.06 bits per heavy atom. The van der Waals surface area contributed by atoms with Gasteiger partial charge in [-0.25, -0.2) is 54.7 Å². The van der Waals surface area contributed by atoms with Crippen LogP contribution in [0.2, 0.25) is 0 Å². The number of carbonyl (C=O) groups excluding carboxylic acids is 4. The maximum absolute atomic E-state index is 15.7. The summed E-state index contributed by atoms with van der Waals surface area (Å²) >= 11 is 0. The van der Waals surface area contributed by atoms with Gasteiger partial charge in [0.1, 0.15) is 34.9 Å². The van der Waals surface area contributed by atoms with Gasteiger partial charge in [0, 0.05) is 62.2 Å². The largest absolute Gasteiger partial charge is 0.308 e. The van der Waals surface area contributed by atoms with Crippen LogP contribution in [0.4, 0.5) is 11.4 Å². The summed E-state index contributed by atoms with van der Waals surface area (Å²) in [5.74, 6) is 3.02. The molecular formula is C91H61N13O4. The van der Waals surface area contributed by atoms with E-state index in [0.717, 1.165) is 99.2 Å². The molecule has 2 aliphatic heterocycles. The van der Waals surface area contributed by atoms with Crippen molar-refractivity contribution in [3.63, 3.8) is 0 Å². The van der Waals surface area contributed by atoms with Crippen molar-refractivity contribution < 1.29 is 19.2 Å². The van der Waals surface area contributed by atoms with Gasteiger partial charge in [-0.05, 0) is 134 Å². The van der Waals surface area contributed by atoms with E-state index < -0.39 is 23.6 Å². The molecule has 17 heteroatoms. The van der Waals surface area contributed by atoms with Crippen LogP contribution in [0.5, 0.6) is 0 Å². The zero-order valence-electron chi connectivity index (χ0n) is 58.8. The second kappa shape index (κ2) is 25.8. The molecule has 0 bridgehead atoms. The maximum Gasteiger partial charge on any atom is 0.268 e. The van der Waals surface area contributed by atoms with Crippen molar-refractivity contribution in [3.05, 3.63) is 330 Å². The molecule has 17 nitrogen and oxygen atoms in total. The SMILES string of the molecule is Cc1nc(C)nc(-c2ccc3c4ccc(-c5nc(C)nc(CCc6nc(C)nc(-c7ccc8c(c7)c7ccccc7n8-c7cccc8c7C(=O)N(c7cccc(-c9ccccc9)c7-c7ccccc7)C8=O)n6)n5)cc4n(-c4cccc5c4C(=O)N(c4cccc(-c6ccccc6)c4-c4ccccc4)C5=O)c3c2)n1. The van der Waals surface area contributed by atoms with Crippen LogP contribution in [0.1, 0.15) is 76.4 Å². The summed E-state index contributed by atoms with van der Waals surface area (Å²) in [7, 11) is 0. The molecule has 2 aliphatic rings. The predicted molar refractivity (Wildman–Crippen MR) is 421 cm³/mol. The lowest BCUT2D eigenvalue weighted by Crippen LogP contribution is -2.30. The van der Waals surface area contributed by atoms with Gasteiger partial charge in [0.2, 0.25) is 0 Å². The Hall–Kier alpha value is -14.5. The summed E-state index contributed by atoms with van der Waals surface area (Å²) in [6.45, 7) is 7.38. The Labute approximate surface area is 618 Å². The molecule has 7 heterocycles. The van der Waals surface area contributed by atoms with E-state index in [1.807, 2.05) is 276 Å². The minimum atomic E-state index is -0.457. The first-order valence-electron chi connectivity index (χ1n) is 35.6. The van der Waals surface area contributed by atoms with Crippen LogP contribution >= 0.6 is 0 Å². The van der Waals surface area contributed by atoms with Gasteiger partial charge in [-0.15, -0.1) is 0 Å². The van der Waals surface area contributed by atoms with Gasteiger partial charge in [0.15, 0.2) is 17.5 Å². The van der Waals surface area contributed by atoms with Crippen LogP contribution < -0.4 is 9.80 Å². The molecule has 0 unspecified atom stereocenters. The molecule has 12 aromatic carbocycles. The number of amides is 4. The first-order valence-corrected chi connectivity index (χ1v) is 35.6. The first kappa shape index (κ1) is 64.4. The van der Waals surface area contributed by atoms with Crippen molar-refractivity contribution in [2.45, 2.75) is 40.5 Å². The lowest BCUT2D eigenvalue weighted by Gasteiger charge is -2.22. The summed E-state index contributed by atoms with van der Waals surface area (Å²) < 4.78 is 4.13. The quantitative estimate of drug-likeness (QED) is 0.0932. The van der Waals surface area contributed by atoms with Gasteiger partial charge in [-0.2, -0.15) is 0 Å². The topological polar surface area (TPSA) is 201 Å². The molecular weight excluding hydrogens is 1340 g/mol. The summed E-state index contributed by atoms with van der Waals surface area (Å²) in [6, 6.07) is 88.6. The molecule has 0 aliphatic carbocycles. The number of aromatic nitrogens is 11. The minimum absolute atomic E-state index is 0.258. The van der Waals surface area contributed by atoms with Gasteiger partial charge < -0.3 is 9.13 Å². The standard InChI is InChI=1S/C91H61N13O4/c1-52-92-53(2)96-85(95-52)61-41-44-66-67-45-42-62(51-78(67)102(77(66)50-61)76-40-22-35-69-84(76)91(108)104(89(69)106)74-38-20-33-64(57-25-11-6-12-26-57)82(74)59-29-15-8-16-30-59)87-98-55(4)94-80(100-87)48-47-79-93-54(3)97-86(99-79)60-43-46-72-70(49-60)65-31-17-18-36-71(65)101(72)75-39-21-34-68-83(75)90(107)103(88(68)105)73-37-19-32-63(56-23-9-5-10-24-56)81(73)58-27-13-7-14-28-58/h5-46,49-51H,47-48H2,1-4H3. The summed E-state index contributed by atoms with van der Waals surface area (Å²) in [5.41, 5.74) is 15.6. The molecule has 0 radical (unpaired) electrons. The fourth-order valence-electron chi connectivity index (χ4n) is 15.8. The monoisotopic (exact) mass is 1400 g/mol. The molecule has 0 atom stereocenters. The van der Waals surface area contributed by atoms with Crippen molar-refractivity contribution in [3.8, 4) is 90.0 Å². The number of rotatable bonds is 14. The summed E-state index contributed by atoms with van der Waals surface area (Å²) in [4.78, 5) is 108. The van der Waals surface area contributed by atoms with Gasteiger partial charge in [-0.3, -0.25) is 19.2 Å². The van der Waals surface area contributed by atoms with Crippen LogP contribution in [-0.4, -0.2) is 77.6 Å². The van der Waals surface area contributed by atoms with Crippen LogP contribution in [-0.2, 0) is 12.8 Å². The van der Waals surface area contributed by atoms with Crippen LogP contribution in [0.15, 0.2) is 273 Å². The Morgan fingerprint density at radius 2 is 0.593 bits per heavy atom. The fraction of sp³-hybridized carbons (Fsp3) is 0.0659. The van der Waals surface area contributed by atoms with Crippen molar-refractivity contribution in [1.82, 2.24) is 54.0 Å². The molecule has 514 valence electrons. The van der Waals surface area contributed by atoms with E-state index >= 15 is 14.4 Å². The van der Waals surface area contributed by atoms with Gasteiger partial charge in [0.25, 0.3) is 23.6 Å². The summed E-state index contributed by atoms with van der Waals surface area (Å²) in [5, 5.41) is 3.61. The second-order valence-electron chi connectivity index (χ2n) is 27.0. The number of para-hydroxylation sites is 1. The molecule has 19 rings (SSSR count). The number of hydrogen-bond acceptors (Lipinski definition) is 13. The average molecular weight is 1400 g/mol. The third-order valence-electron chi connectivity index (χ3n) is 20.4. The van der Waals surface area contributed by atoms with E-state index in [4.69, 9.17) is 39.9 Å². The molecule has 0 saturated heterocycles. The van der Waals surface area contributed by atoms with Gasteiger partial charge >= 0.3 is 0 Å². The summed E-state index contributed by atoms with van der Waals surface area (Å²) in [6.07, 6.45) is 0.734. The van der Waals surface area contributed by atoms with E-state index in [1.165, 1.54) is 9.80 Å². The molecule has 5 aromatic heterocycles. The molecule has 4 amide bonds. The lowest BCUT2D eigenvalue weighted by molar-refractivity contribution is 0.0910. The lowest BCUT2D eigenvalue weighted by atomic mass is 9.92. The van der Waals surface area contributed by atoms with Crippen molar-refractivity contribution in [2.75, 3.05) is 9.80 Å². The van der Waals surface area contributed by atoms with Crippen LogP contribution in [0, 0.1) is 27.7 Å². The number of fused-ring (bicyclic) bond motifs is 8. The zero-order chi connectivity index (χ0) is 73.0. The zero-order valence-corrected chi connectivity index (χ0v) is 58.8. The third-order valence-corrected chi connectivity index (χ3v) is 20.4. The van der Waals surface area contributed by atoms with Crippen LogP contribution in [0.25, 0.3) is 134 Å². The number of benzene rings is 12. The minimum Gasteiger partial charge on any atom is -0.308 e. The highest BCUT2D eigenvalue weighted by atomic mass is 16.2. The van der Waals surface area contributed by atoms with Gasteiger partial charge in [0.05, 0.1) is 67.1 Å². The Balaban J connectivity index is 0.658. The average Bonchev–Trinajstić information content (AvgIpc) is 1.56. The smallest absolute Gasteiger partial charge is 0.268 e. The number of nitrogens with zero attached hydrogens (tertiary/aromatic N) is 13. The molecule has 17 aromatic rings. The maximum atomic E-state index is 15.7. The fourth-order valence-corrected chi connectivity index (χ4v) is 15.8. The van der Waals surface area contributed by atoms with Crippen molar-refractivity contribution in [2.24, 2.45) is 0 Å². The van der Waals surface area contributed by atoms with E-state index in [0.29, 0.717) is 105 Å². The predicted octanol–water partition coefficient (Wildman–Crippen LogP) is 18.7. The van der Waals surface area contributed by atoms with E-state index in [-0.39, 0.29) is 11.1 Å². The van der Waals surface area contributed by atoms with Crippen molar-refractivity contribution >= 4 is 78.6 Å². The van der Waals surface area contributed by atoms with Crippen molar-refractivity contribution in [1.29, 1.82) is 0 Å². The number of aryl methyl sites for hydroxylation is 6. The highest BCUT2D eigenvalue weighted by molar-refractivity contribution is 6.38. The van der Waals surface area contributed by atoms with E-state index in [2.05, 4.69) is 26.3 Å². The molecule has 0 N–H and O–H groups in total. The number of imide groups is 2.